The fourth-order valence-electron chi connectivity index (χ4n) is 1.73. The molecule has 0 saturated carbocycles. The van der Waals surface area contributed by atoms with E-state index in [0.29, 0.717) is 0 Å². The lowest BCUT2D eigenvalue weighted by molar-refractivity contribution is 0.475. The molecule has 1 aromatic carbocycles. The molecule has 0 aromatic heterocycles. The molecule has 0 aliphatic rings. The molecule has 0 fully saturated rings. The van der Waals surface area contributed by atoms with Crippen LogP contribution in [0.4, 0.5) is 5.69 Å². The van der Waals surface area contributed by atoms with Gasteiger partial charge in [0.25, 0.3) is 8.32 Å². The van der Waals surface area contributed by atoms with Crippen molar-refractivity contribution in [3.05, 3.63) is 18.2 Å². The van der Waals surface area contributed by atoms with Crippen molar-refractivity contribution in [3.63, 3.8) is 0 Å². The lowest BCUT2D eigenvalue weighted by atomic mass is 10.2. The van der Waals surface area contributed by atoms with Gasteiger partial charge in [-0.25, -0.2) is 0 Å². The van der Waals surface area contributed by atoms with Crippen molar-refractivity contribution in [2.45, 2.75) is 77.8 Å². The molecule has 1 aromatic rings. The highest BCUT2D eigenvalue weighted by Crippen LogP contribution is 2.42. The third kappa shape index (κ3) is 4.79. The molecule has 5 heteroatoms. The Morgan fingerprint density at radius 1 is 0.792 bits per heavy atom. The van der Waals surface area contributed by atoms with Crippen LogP contribution in [0, 0.1) is 0 Å². The zero-order valence-corrected chi connectivity index (χ0v) is 19.5. The van der Waals surface area contributed by atoms with Gasteiger partial charge in [-0.1, -0.05) is 41.5 Å². The summed E-state index contributed by atoms with van der Waals surface area (Å²) in [6.07, 6.45) is 0. The quantitative estimate of drug-likeness (QED) is 0.603. The Kier molecular flexibility index (Phi) is 5.93. The molecule has 0 radical (unpaired) electrons. The second-order valence-electron chi connectivity index (χ2n) is 9.63. The standard InChI is InChI=1S/C19H37NO2Si2/c1-18(2,3)23(8,9)21-15-12-13-16(20-7)17(14-15)22-24(10,11)19(4,5)6/h12-14,20H,1-11H3. The van der Waals surface area contributed by atoms with Crippen molar-refractivity contribution in [3.8, 4) is 11.5 Å². The summed E-state index contributed by atoms with van der Waals surface area (Å²) in [4.78, 5) is 0. The molecule has 0 saturated heterocycles. The summed E-state index contributed by atoms with van der Waals surface area (Å²) >= 11 is 0. The van der Waals surface area contributed by atoms with Crippen LogP contribution in [0.15, 0.2) is 18.2 Å². The van der Waals surface area contributed by atoms with E-state index in [2.05, 4.69) is 85.2 Å². The first-order valence-corrected chi connectivity index (χ1v) is 14.6. The van der Waals surface area contributed by atoms with E-state index in [0.717, 1.165) is 17.2 Å². The number of hydrogen-bond acceptors (Lipinski definition) is 3. The van der Waals surface area contributed by atoms with Crippen LogP contribution in [-0.2, 0) is 0 Å². The number of rotatable bonds is 5. The van der Waals surface area contributed by atoms with E-state index >= 15 is 0 Å². The van der Waals surface area contributed by atoms with Crippen LogP contribution in [0.3, 0.4) is 0 Å². The molecule has 0 aliphatic heterocycles. The van der Waals surface area contributed by atoms with Crippen molar-refractivity contribution in [1.29, 1.82) is 0 Å². The second-order valence-corrected chi connectivity index (χ2v) is 19.1. The Morgan fingerprint density at radius 2 is 1.25 bits per heavy atom. The summed E-state index contributed by atoms with van der Waals surface area (Å²) in [7, 11) is -1.82. The maximum Gasteiger partial charge on any atom is 0.250 e. The lowest BCUT2D eigenvalue weighted by Crippen LogP contribution is -2.44. The van der Waals surface area contributed by atoms with Crippen LogP contribution in [0.1, 0.15) is 41.5 Å². The number of benzene rings is 1. The molecule has 0 aliphatic carbocycles. The van der Waals surface area contributed by atoms with Gasteiger partial charge in [0.15, 0.2) is 0 Å². The molecule has 0 bridgehead atoms. The van der Waals surface area contributed by atoms with Crippen molar-refractivity contribution < 1.29 is 8.85 Å². The molecule has 3 nitrogen and oxygen atoms in total. The molecule has 0 unspecified atom stereocenters. The molecule has 0 atom stereocenters. The molecule has 1 rings (SSSR count). The molecule has 24 heavy (non-hydrogen) atoms. The minimum atomic E-state index is -1.90. The summed E-state index contributed by atoms with van der Waals surface area (Å²) < 4.78 is 13.0. The predicted molar refractivity (Wildman–Crippen MR) is 112 cm³/mol. The highest BCUT2D eigenvalue weighted by molar-refractivity contribution is 6.75. The zero-order chi connectivity index (χ0) is 19.0. The fraction of sp³-hybridized carbons (Fsp3) is 0.684. The van der Waals surface area contributed by atoms with Gasteiger partial charge in [0.1, 0.15) is 11.5 Å². The third-order valence-corrected chi connectivity index (χ3v) is 14.3. The van der Waals surface area contributed by atoms with E-state index in [1.807, 2.05) is 13.1 Å². The van der Waals surface area contributed by atoms with Gasteiger partial charge in [-0.05, 0) is 48.4 Å². The van der Waals surface area contributed by atoms with E-state index in [4.69, 9.17) is 8.85 Å². The molecular weight excluding hydrogens is 330 g/mol. The molecule has 0 spiro atoms. The van der Waals surface area contributed by atoms with E-state index in [1.165, 1.54) is 0 Å². The molecule has 1 N–H and O–H groups in total. The molecule has 138 valence electrons. The van der Waals surface area contributed by atoms with Crippen LogP contribution >= 0.6 is 0 Å². The number of anilines is 1. The molecule has 0 heterocycles. The Balaban J connectivity index is 3.19. The van der Waals surface area contributed by atoms with Crippen LogP contribution in [-0.4, -0.2) is 23.7 Å². The summed E-state index contributed by atoms with van der Waals surface area (Å²) in [6.45, 7) is 22.6. The Hall–Kier alpha value is -0.946. The van der Waals surface area contributed by atoms with Crippen molar-refractivity contribution >= 4 is 22.3 Å². The Bertz CT molecular complexity index is 570. The van der Waals surface area contributed by atoms with Crippen LogP contribution < -0.4 is 14.2 Å². The maximum atomic E-state index is 6.54. The topological polar surface area (TPSA) is 30.5 Å². The first-order valence-electron chi connectivity index (χ1n) is 8.80. The first-order chi connectivity index (χ1) is 10.6. The van der Waals surface area contributed by atoms with Gasteiger partial charge >= 0.3 is 0 Å². The van der Waals surface area contributed by atoms with Crippen LogP contribution in [0.5, 0.6) is 11.5 Å². The monoisotopic (exact) mass is 367 g/mol. The fourth-order valence-corrected chi connectivity index (χ4v) is 3.78. The largest absolute Gasteiger partial charge is 0.543 e. The van der Waals surface area contributed by atoms with Crippen LogP contribution in [0.2, 0.25) is 36.3 Å². The maximum absolute atomic E-state index is 6.54. The van der Waals surface area contributed by atoms with Gasteiger partial charge in [0.05, 0.1) is 5.69 Å². The van der Waals surface area contributed by atoms with Gasteiger partial charge in [-0.3, -0.25) is 0 Å². The van der Waals surface area contributed by atoms with Gasteiger partial charge in [0.2, 0.25) is 8.32 Å². The van der Waals surface area contributed by atoms with Gasteiger partial charge < -0.3 is 14.2 Å². The minimum absolute atomic E-state index is 0.161. The normalized spacial score (nSPS) is 13.6. The van der Waals surface area contributed by atoms with Crippen molar-refractivity contribution in [2.75, 3.05) is 12.4 Å². The van der Waals surface area contributed by atoms with Crippen molar-refractivity contribution in [2.24, 2.45) is 0 Å². The van der Waals surface area contributed by atoms with Crippen molar-refractivity contribution in [1.82, 2.24) is 0 Å². The summed E-state index contributed by atoms with van der Waals surface area (Å²) in [5, 5.41) is 3.58. The summed E-state index contributed by atoms with van der Waals surface area (Å²) in [5.41, 5.74) is 1.02. The minimum Gasteiger partial charge on any atom is -0.543 e. The van der Waals surface area contributed by atoms with E-state index in [1.54, 1.807) is 0 Å². The zero-order valence-electron chi connectivity index (χ0n) is 17.5. The van der Waals surface area contributed by atoms with Gasteiger partial charge in [0, 0.05) is 13.1 Å². The summed E-state index contributed by atoms with van der Waals surface area (Å²) in [5.74, 6) is 1.81. The number of hydrogen-bond donors (Lipinski definition) is 1. The third-order valence-electron chi connectivity index (χ3n) is 5.57. The second kappa shape index (κ2) is 6.75. The average molecular weight is 368 g/mol. The Morgan fingerprint density at radius 3 is 1.67 bits per heavy atom. The van der Waals surface area contributed by atoms with E-state index in [-0.39, 0.29) is 10.1 Å². The smallest absolute Gasteiger partial charge is 0.250 e. The average Bonchev–Trinajstić information content (AvgIpc) is 2.35. The van der Waals surface area contributed by atoms with Crippen LogP contribution in [0.25, 0.3) is 0 Å². The van der Waals surface area contributed by atoms with Gasteiger partial charge in [-0.2, -0.15) is 0 Å². The molecular formula is C19H37NO2Si2. The van der Waals surface area contributed by atoms with E-state index in [9.17, 15) is 0 Å². The molecule has 0 amide bonds. The van der Waals surface area contributed by atoms with E-state index < -0.39 is 16.6 Å². The number of nitrogens with one attached hydrogen (secondary N) is 1. The summed E-state index contributed by atoms with van der Waals surface area (Å²) in [6, 6.07) is 6.17. The highest BCUT2D eigenvalue weighted by atomic mass is 28.4. The first kappa shape index (κ1) is 21.1. The predicted octanol–water partition coefficient (Wildman–Crippen LogP) is 6.50. The van der Waals surface area contributed by atoms with Gasteiger partial charge in [-0.15, -0.1) is 0 Å². The Labute approximate surface area is 151 Å². The SMILES string of the molecule is CNc1ccc(O[Si](C)(C)C(C)(C)C)cc1O[Si](C)(C)C(C)(C)C. The highest BCUT2D eigenvalue weighted by Gasteiger charge is 2.40. The lowest BCUT2D eigenvalue weighted by Gasteiger charge is -2.38.